The van der Waals surface area contributed by atoms with Gasteiger partial charge in [-0.25, -0.2) is 39.9 Å². The second kappa shape index (κ2) is 16.3. The van der Waals surface area contributed by atoms with Crippen molar-refractivity contribution in [3.05, 3.63) is 93.6 Å². The first-order chi connectivity index (χ1) is 16.0. The van der Waals surface area contributed by atoms with Crippen LogP contribution in [0.2, 0.25) is 5.02 Å². The summed E-state index contributed by atoms with van der Waals surface area (Å²) in [5.74, 6) is 3.28. The summed E-state index contributed by atoms with van der Waals surface area (Å²) in [5.41, 5.74) is 5.11. The Kier molecular flexibility index (Phi) is 14.7. The third-order valence-corrected chi connectivity index (χ3v) is 4.59. The van der Waals surface area contributed by atoms with Crippen LogP contribution >= 0.6 is 11.6 Å². The molecule has 0 fully saturated rings. The molecular formula is C26H37ClN8. The van der Waals surface area contributed by atoms with Crippen molar-refractivity contribution >= 4 is 11.6 Å². The van der Waals surface area contributed by atoms with E-state index in [1.165, 1.54) is 0 Å². The third-order valence-electron chi connectivity index (χ3n) is 4.22. The molecule has 0 N–H and O–H groups in total. The highest BCUT2D eigenvalue weighted by molar-refractivity contribution is 6.31. The van der Waals surface area contributed by atoms with Crippen molar-refractivity contribution in [3.8, 4) is 0 Å². The van der Waals surface area contributed by atoms with Crippen molar-refractivity contribution < 1.29 is 0 Å². The maximum absolute atomic E-state index is 5.66. The molecule has 0 saturated heterocycles. The lowest BCUT2D eigenvalue weighted by atomic mass is 10.3. The van der Waals surface area contributed by atoms with Gasteiger partial charge in [-0.3, -0.25) is 0 Å². The Morgan fingerprint density at radius 2 is 0.914 bits per heavy atom. The molecule has 0 aromatic carbocycles. The Bertz CT molecular complexity index is 1050. The second-order valence-corrected chi connectivity index (χ2v) is 7.93. The summed E-state index contributed by atoms with van der Waals surface area (Å²) in [6.45, 7) is 17.3. The Balaban J connectivity index is 0.000000437. The molecule has 0 spiro atoms. The number of halogens is 1. The van der Waals surface area contributed by atoms with Crippen LogP contribution in [0.4, 0.5) is 0 Å². The number of nitrogens with zero attached hydrogens (tertiary/aromatic N) is 8. The molecule has 0 radical (unpaired) electrons. The van der Waals surface area contributed by atoms with E-state index in [9.17, 15) is 0 Å². The highest BCUT2D eigenvalue weighted by atomic mass is 35.5. The summed E-state index contributed by atoms with van der Waals surface area (Å²) in [6, 6.07) is 3.76. The molecule has 4 rings (SSSR count). The van der Waals surface area contributed by atoms with Crippen LogP contribution in [0.25, 0.3) is 0 Å². The van der Waals surface area contributed by atoms with E-state index in [4.69, 9.17) is 11.6 Å². The third kappa shape index (κ3) is 13.8. The lowest BCUT2D eigenvalue weighted by molar-refractivity contribution is 0.986. The van der Waals surface area contributed by atoms with Gasteiger partial charge in [0, 0.05) is 41.9 Å². The Labute approximate surface area is 214 Å². The first-order valence-electron chi connectivity index (χ1n) is 10.7. The Morgan fingerprint density at radius 3 is 1.20 bits per heavy atom. The number of aryl methyl sites for hydroxylation is 9. The number of aromatic nitrogens is 8. The van der Waals surface area contributed by atoms with E-state index in [1.54, 1.807) is 18.6 Å². The van der Waals surface area contributed by atoms with Gasteiger partial charge in [0.05, 0.1) is 10.7 Å². The van der Waals surface area contributed by atoms with Crippen LogP contribution < -0.4 is 0 Å². The highest BCUT2D eigenvalue weighted by Crippen LogP contribution is 2.09. The lowest BCUT2D eigenvalue weighted by Crippen LogP contribution is -1.92. The number of rotatable bonds is 0. The van der Waals surface area contributed by atoms with E-state index >= 15 is 0 Å². The van der Waals surface area contributed by atoms with Gasteiger partial charge in [-0.05, 0) is 80.0 Å². The molecular weight excluding hydrogens is 460 g/mol. The van der Waals surface area contributed by atoms with Crippen LogP contribution in [0.5, 0.6) is 0 Å². The number of hydrogen-bond acceptors (Lipinski definition) is 8. The first-order valence-corrected chi connectivity index (χ1v) is 11.1. The summed E-state index contributed by atoms with van der Waals surface area (Å²) >= 11 is 5.66. The maximum atomic E-state index is 5.66. The fourth-order valence-electron chi connectivity index (χ4n) is 2.36. The SMILES string of the molecule is C.Cc1ccnc(C)n1.Cc1ccnc(C)n1.Cc1ncc(C)c(C)n1.Cc1ncc(Cl)c(C)n1. The molecule has 4 aromatic heterocycles. The monoisotopic (exact) mass is 496 g/mol. The van der Waals surface area contributed by atoms with Gasteiger partial charge in [-0.2, -0.15) is 0 Å². The van der Waals surface area contributed by atoms with E-state index in [-0.39, 0.29) is 7.43 Å². The smallest absolute Gasteiger partial charge is 0.125 e. The molecule has 0 saturated carbocycles. The molecule has 0 unspecified atom stereocenters. The molecule has 0 amide bonds. The number of hydrogen-bond donors (Lipinski definition) is 0. The van der Waals surface area contributed by atoms with E-state index in [2.05, 4.69) is 39.9 Å². The van der Waals surface area contributed by atoms with Gasteiger partial charge in [-0.1, -0.05) is 19.0 Å². The van der Waals surface area contributed by atoms with Crippen molar-refractivity contribution in [2.24, 2.45) is 0 Å². The van der Waals surface area contributed by atoms with Crippen molar-refractivity contribution in [2.45, 2.75) is 69.7 Å². The van der Waals surface area contributed by atoms with Crippen LogP contribution in [-0.2, 0) is 0 Å². The van der Waals surface area contributed by atoms with Crippen LogP contribution in [-0.4, -0.2) is 39.9 Å². The molecule has 9 heteroatoms. The van der Waals surface area contributed by atoms with Crippen LogP contribution in [0, 0.1) is 62.3 Å². The van der Waals surface area contributed by atoms with Gasteiger partial charge in [-0.15, -0.1) is 0 Å². The molecule has 0 atom stereocenters. The van der Waals surface area contributed by atoms with Gasteiger partial charge in [0.15, 0.2) is 0 Å². The minimum Gasteiger partial charge on any atom is -0.242 e. The summed E-state index contributed by atoms with van der Waals surface area (Å²) in [6.07, 6.45) is 6.98. The first kappa shape index (κ1) is 31.6. The van der Waals surface area contributed by atoms with Crippen molar-refractivity contribution in [1.29, 1.82) is 0 Å². The molecule has 188 valence electrons. The summed E-state index contributed by atoms with van der Waals surface area (Å²) in [7, 11) is 0. The van der Waals surface area contributed by atoms with E-state index in [1.807, 2.05) is 80.6 Å². The van der Waals surface area contributed by atoms with E-state index in [0.29, 0.717) is 5.02 Å². The van der Waals surface area contributed by atoms with Crippen LogP contribution in [0.15, 0.2) is 36.9 Å². The molecule has 4 aromatic rings. The van der Waals surface area contributed by atoms with E-state index < -0.39 is 0 Å². The Hall–Kier alpha value is -3.39. The normalized spacial score (nSPS) is 9.20. The highest BCUT2D eigenvalue weighted by Gasteiger charge is 1.94. The van der Waals surface area contributed by atoms with Gasteiger partial charge in [0.25, 0.3) is 0 Å². The maximum Gasteiger partial charge on any atom is 0.125 e. The summed E-state index contributed by atoms with van der Waals surface area (Å²) in [4.78, 5) is 32.1. The molecule has 4 heterocycles. The van der Waals surface area contributed by atoms with Gasteiger partial charge in [0.2, 0.25) is 0 Å². The zero-order valence-electron chi connectivity index (χ0n) is 21.4. The second-order valence-electron chi connectivity index (χ2n) is 7.53. The average molecular weight is 497 g/mol. The molecule has 35 heavy (non-hydrogen) atoms. The summed E-state index contributed by atoms with van der Waals surface area (Å²) < 4.78 is 0. The molecule has 0 aliphatic rings. The minimum absolute atomic E-state index is 0. The predicted molar refractivity (Wildman–Crippen MR) is 143 cm³/mol. The molecule has 0 bridgehead atoms. The topological polar surface area (TPSA) is 103 Å². The fourth-order valence-corrected chi connectivity index (χ4v) is 2.45. The van der Waals surface area contributed by atoms with Gasteiger partial charge in [0.1, 0.15) is 23.3 Å². The Morgan fingerprint density at radius 1 is 0.514 bits per heavy atom. The molecule has 8 nitrogen and oxygen atoms in total. The fraction of sp³-hybridized carbons (Fsp3) is 0.385. The molecule has 0 aliphatic carbocycles. The van der Waals surface area contributed by atoms with Gasteiger partial charge >= 0.3 is 0 Å². The largest absolute Gasteiger partial charge is 0.242 e. The quantitative estimate of drug-likeness (QED) is 0.293. The van der Waals surface area contributed by atoms with Crippen LogP contribution in [0.1, 0.15) is 59.1 Å². The zero-order valence-corrected chi connectivity index (χ0v) is 22.2. The van der Waals surface area contributed by atoms with E-state index in [0.717, 1.165) is 51.6 Å². The minimum atomic E-state index is 0. The zero-order chi connectivity index (χ0) is 25.7. The molecule has 0 aliphatic heterocycles. The van der Waals surface area contributed by atoms with Crippen LogP contribution in [0.3, 0.4) is 0 Å². The average Bonchev–Trinajstić information content (AvgIpc) is 2.75. The standard InChI is InChI=1S/C7H10N2.C6H7ClN2.2C6H8N2.CH4/c1-5-4-8-7(3)9-6(5)2;1-4-6(7)3-8-5(2)9-4;2*1-5-3-4-7-6(2)8-5;/h4H,1-3H3;3H,1-2H3;2*3-4H,1-2H3;1H4. The summed E-state index contributed by atoms with van der Waals surface area (Å²) in [5, 5.41) is 0.626. The lowest BCUT2D eigenvalue weighted by Gasteiger charge is -1.96. The van der Waals surface area contributed by atoms with Crippen molar-refractivity contribution in [3.63, 3.8) is 0 Å². The predicted octanol–water partition coefficient (Wildman–Crippen LogP) is 5.97. The van der Waals surface area contributed by atoms with Gasteiger partial charge < -0.3 is 0 Å². The van der Waals surface area contributed by atoms with Crippen molar-refractivity contribution in [1.82, 2.24) is 39.9 Å². The van der Waals surface area contributed by atoms with Crippen molar-refractivity contribution in [2.75, 3.05) is 0 Å².